The Kier molecular flexibility index (Phi) is 5.91. The molecular weight excluding hydrogens is 305 g/mol. The van der Waals surface area contributed by atoms with Crippen molar-refractivity contribution in [3.63, 3.8) is 0 Å². The fraction of sp³-hybridized carbons (Fsp3) is 0.263. The SMILES string of the molecule is CCC(C)C(=O)Nc1cccc(CNc2ccc(F)cc2C#N)c1. The molecule has 1 unspecified atom stereocenters. The van der Waals surface area contributed by atoms with Crippen LogP contribution in [-0.4, -0.2) is 5.91 Å². The fourth-order valence-electron chi connectivity index (χ4n) is 2.17. The highest BCUT2D eigenvalue weighted by atomic mass is 19.1. The van der Waals surface area contributed by atoms with Crippen molar-refractivity contribution in [2.24, 2.45) is 5.92 Å². The van der Waals surface area contributed by atoms with Crippen LogP contribution in [0, 0.1) is 23.1 Å². The highest BCUT2D eigenvalue weighted by molar-refractivity contribution is 5.92. The molecule has 0 heterocycles. The second kappa shape index (κ2) is 8.11. The van der Waals surface area contributed by atoms with Crippen LogP contribution in [0.5, 0.6) is 0 Å². The first-order valence-corrected chi connectivity index (χ1v) is 7.86. The monoisotopic (exact) mass is 325 g/mol. The lowest BCUT2D eigenvalue weighted by molar-refractivity contribution is -0.119. The van der Waals surface area contributed by atoms with Gasteiger partial charge in [0.05, 0.1) is 11.3 Å². The summed E-state index contributed by atoms with van der Waals surface area (Å²) in [6.45, 7) is 4.33. The largest absolute Gasteiger partial charge is 0.380 e. The summed E-state index contributed by atoms with van der Waals surface area (Å²) < 4.78 is 13.1. The molecule has 0 aliphatic rings. The van der Waals surface area contributed by atoms with Crippen LogP contribution in [0.25, 0.3) is 0 Å². The standard InChI is InChI=1S/C19H20FN3O/c1-3-13(2)19(24)23-17-6-4-5-14(9-17)12-22-18-8-7-16(20)10-15(18)11-21/h4-10,13,22H,3,12H2,1-2H3,(H,23,24). The van der Waals surface area contributed by atoms with Crippen molar-refractivity contribution >= 4 is 17.3 Å². The van der Waals surface area contributed by atoms with E-state index in [0.29, 0.717) is 12.2 Å². The van der Waals surface area contributed by atoms with Crippen LogP contribution in [0.2, 0.25) is 0 Å². The fourth-order valence-corrected chi connectivity index (χ4v) is 2.17. The Morgan fingerprint density at radius 2 is 2.08 bits per heavy atom. The van der Waals surface area contributed by atoms with E-state index < -0.39 is 5.82 Å². The zero-order chi connectivity index (χ0) is 17.5. The average molecular weight is 325 g/mol. The number of nitriles is 1. The number of benzene rings is 2. The molecule has 0 bridgehead atoms. The molecule has 0 spiro atoms. The van der Waals surface area contributed by atoms with Gasteiger partial charge in [-0.2, -0.15) is 5.26 Å². The van der Waals surface area contributed by atoms with Gasteiger partial charge in [-0.1, -0.05) is 26.0 Å². The first-order chi connectivity index (χ1) is 11.5. The van der Waals surface area contributed by atoms with Crippen molar-refractivity contribution in [2.45, 2.75) is 26.8 Å². The molecule has 0 saturated heterocycles. The van der Waals surface area contributed by atoms with E-state index in [1.54, 1.807) is 6.07 Å². The minimum Gasteiger partial charge on any atom is -0.380 e. The number of anilines is 2. The van der Waals surface area contributed by atoms with Crippen molar-refractivity contribution in [3.05, 3.63) is 59.4 Å². The Balaban J connectivity index is 2.05. The van der Waals surface area contributed by atoms with E-state index in [2.05, 4.69) is 10.6 Å². The van der Waals surface area contributed by atoms with E-state index in [9.17, 15) is 9.18 Å². The number of hydrogen-bond acceptors (Lipinski definition) is 3. The van der Waals surface area contributed by atoms with E-state index in [0.717, 1.165) is 17.7 Å². The summed E-state index contributed by atoms with van der Waals surface area (Å²) >= 11 is 0. The number of carbonyl (C=O) groups excluding carboxylic acids is 1. The molecule has 0 aromatic heterocycles. The van der Waals surface area contributed by atoms with E-state index >= 15 is 0 Å². The molecule has 0 fully saturated rings. The first kappa shape index (κ1) is 17.5. The number of rotatable bonds is 6. The number of carbonyl (C=O) groups is 1. The van der Waals surface area contributed by atoms with Crippen LogP contribution in [0.15, 0.2) is 42.5 Å². The van der Waals surface area contributed by atoms with Crippen molar-refractivity contribution in [3.8, 4) is 6.07 Å². The number of nitrogens with one attached hydrogen (secondary N) is 2. The Morgan fingerprint density at radius 3 is 2.79 bits per heavy atom. The molecule has 24 heavy (non-hydrogen) atoms. The lowest BCUT2D eigenvalue weighted by Crippen LogP contribution is -2.19. The topological polar surface area (TPSA) is 64.9 Å². The van der Waals surface area contributed by atoms with E-state index in [1.807, 2.05) is 44.2 Å². The van der Waals surface area contributed by atoms with Crippen molar-refractivity contribution < 1.29 is 9.18 Å². The zero-order valence-electron chi connectivity index (χ0n) is 13.8. The van der Waals surface area contributed by atoms with E-state index in [1.165, 1.54) is 12.1 Å². The molecule has 2 aromatic carbocycles. The van der Waals surface area contributed by atoms with Crippen LogP contribution in [-0.2, 0) is 11.3 Å². The van der Waals surface area contributed by atoms with Crippen LogP contribution in [0.3, 0.4) is 0 Å². The molecule has 2 N–H and O–H groups in total. The van der Waals surface area contributed by atoms with Crippen LogP contribution in [0.1, 0.15) is 31.4 Å². The highest BCUT2D eigenvalue weighted by Gasteiger charge is 2.10. The number of amides is 1. The third-order valence-corrected chi connectivity index (χ3v) is 3.84. The predicted molar refractivity (Wildman–Crippen MR) is 93.0 cm³/mol. The van der Waals surface area contributed by atoms with Crippen LogP contribution < -0.4 is 10.6 Å². The Bertz CT molecular complexity index is 767. The summed E-state index contributed by atoms with van der Waals surface area (Å²) in [4.78, 5) is 12.0. The lowest BCUT2D eigenvalue weighted by Gasteiger charge is -2.12. The van der Waals surface area contributed by atoms with Crippen LogP contribution in [0.4, 0.5) is 15.8 Å². The summed E-state index contributed by atoms with van der Waals surface area (Å²) in [7, 11) is 0. The third-order valence-electron chi connectivity index (χ3n) is 3.84. The maximum atomic E-state index is 13.1. The number of hydrogen-bond donors (Lipinski definition) is 2. The first-order valence-electron chi connectivity index (χ1n) is 7.86. The van der Waals surface area contributed by atoms with Gasteiger partial charge in [0, 0.05) is 18.2 Å². The van der Waals surface area contributed by atoms with Gasteiger partial charge in [-0.25, -0.2) is 4.39 Å². The summed E-state index contributed by atoms with van der Waals surface area (Å²) in [5, 5.41) is 15.1. The Morgan fingerprint density at radius 1 is 1.29 bits per heavy atom. The smallest absolute Gasteiger partial charge is 0.227 e. The van der Waals surface area contributed by atoms with E-state index in [-0.39, 0.29) is 17.4 Å². The van der Waals surface area contributed by atoms with Crippen molar-refractivity contribution in [1.82, 2.24) is 0 Å². The molecular formula is C19H20FN3O. The summed E-state index contributed by atoms with van der Waals surface area (Å²) in [6, 6.07) is 13.5. The van der Waals surface area contributed by atoms with Gasteiger partial charge in [0.15, 0.2) is 0 Å². The van der Waals surface area contributed by atoms with Gasteiger partial charge in [-0.15, -0.1) is 0 Å². The molecule has 0 saturated carbocycles. The normalized spacial score (nSPS) is 11.4. The summed E-state index contributed by atoms with van der Waals surface area (Å²) in [6.07, 6.45) is 0.786. The average Bonchev–Trinajstić information content (AvgIpc) is 2.60. The molecule has 124 valence electrons. The van der Waals surface area contributed by atoms with Crippen molar-refractivity contribution in [1.29, 1.82) is 5.26 Å². The number of nitrogens with zero attached hydrogens (tertiary/aromatic N) is 1. The zero-order valence-corrected chi connectivity index (χ0v) is 13.8. The summed E-state index contributed by atoms with van der Waals surface area (Å²) in [5.74, 6) is -0.482. The van der Waals surface area contributed by atoms with Gasteiger partial charge in [0.1, 0.15) is 11.9 Å². The molecule has 1 amide bonds. The molecule has 2 aromatic rings. The maximum absolute atomic E-state index is 13.1. The molecule has 1 atom stereocenters. The second-order valence-electron chi connectivity index (χ2n) is 5.65. The van der Waals surface area contributed by atoms with Gasteiger partial charge < -0.3 is 10.6 Å². The summed E-state index contributed by atoms with van der Waals surface area (Å²) in [5.41, 5.74) is 2.52. The molecule has 0 aliphatic heterocycles. The van der Waals surface area contributed by atoms with Gasteiger partial charge in [-0.3, -0.25) is 4.79 Å². The van der Waals surface area contributed by atoms with Crippen LogP contribution >= 0.6 is 0 Å². The molecule has 0 radical (unpaired) electrons. The maximum Gasteiger partial charge on any atom is 0.227 e. The minimum absolute atomic E-state index is 0.00656. The Hall–Kier alpha value is -2.87. The highest BCUT2D eigenvalue weighted by Crippen LogP contribution is 2.18. The Labute approximate surface area is 141 Å². The third kappa shape index (κ3) is 4.56. The van der Waals surface area contributed by atoms with Gasteiger partial charge in [-0.05, 0) is 42.3 Å². The lowest BCUT2D eigenvalue weighted by atomic mass is 10.1. The van der Waals surface area contributed by atoms with E-state index in [4.69, 9.17) is 5.26 Å². The molecule has 0 aliphatic carbocycles. The van der Waals surface area contributed by atoms with Gasteiger partial charge in [0.25, 0.3) is 0 Å². The van der Waals surface area contributed by atoms with Gasteiger partial charge >= 0.3 is 0 Å². The minimum atomic E-state index is -0.438. The van der Waals surface area contributed by atoms with Gasteiger partial charge in [0.2, 0.25) is 5.91 Å². The number of halogens is 1. The predicted octanol–water partition coefficient (Wildman–Crippen LogP) is 4.29. The molecule has 2 rings (SSSR count). The second-order valence-corrected chi connectivity index (χ2v) is 5.65. The van der Waals surface area contributed by atoms with Crippen molar-refractivity contribution in [2.75, 3.05) is 10.6 Å². The molecule has 5 heteroatoms. The quantitative estimate of drug-likeness (QED) is 0.832. The molecule has 4 nitrogen and oxygen atoms in total.